The molecule has 0 radical (unpaired) electrons. The van der Waals surface area contributed by atoms with Crippen LogP contribution in [0.25, 0.3) is 10.9 Å². The van der Waals surface area contributed by atoms with E-state index >= 15 is 0 Å². The van der Waals surface area contributed by atoms with Crippen molar-refractivity contribution in [3.8, 4) is 0 Å². The Morgan fingerprint density at radius 3 is 2.89 bits per heavy atom. The summed E-state index contributed by atoms with van der Waals surface area (Å²) in [5.74, 6) is 0.226. The zero-order valence-corrected chi connectivity index (χ0v) is 9.42. The van der Waals surface area contributed by atoms with E-state index in [0.29, 0.717) is 11.5 Å². The van der Waals surface area contributed by atoms with Gasteiger partial charge in [0.15, 0.2) is 0 Å². The van der Waals surface area contributed by atoms with Crippen molar-refractivity contribution in [2.75, 3.05) is 5.32 Å². The van der Waals surface area contributed by atoms with Gasteiger partial charge in [0.1, 0.15) is 0 Å². The SMILES string of the molecule is O=C(Nc1ncc[nH]1)c1cccc2ncccc12. The molecule has 2 aromatic heterocycles. The van der Waals surface area contributed by atoms with Crippen LogP contribution in [0.1, 0.15) is 10.4 Å². The molecule has 5 nitrogen and oxygen atoms in total. The summed E-state index contributed by atoms with van der Waals surface area (Å²) >= 11 is 0. The zero-order valence-electron chi connectivity index (χ0n) is 9.42. The molecule has 3 aromatic rings. The fourth-order valence-electron chi connectivity index (χ4n) is 1.81. The second kappa shape index (κ2) is 4.29. The third-order valence-corrected chi connectivity index (χ3v) is 2.62. The van der Waals surface area contributed by atoms with Gasteiger partial charge in [-0.3, -0.25) is 15.1 Å². The van der Waals surface area contributed by atoms with Crippen LogP contribution in [0, 0.1) is 0 Å². The Kier molecular flexibility index (Phi) is 2.49. The molecule has 0 aliphatic carbocycles. The number of aromatic nitrogens is 3. The molecule has 5 heteroatoms. The van der Waals surface area contributed by atoms with E-state index in [1.54, 1.807) is 24.7 Å². The van der Waals surface area contributed by atoms with E-state index in [2.05, 4.69) is 20.3 Å². The van der Waals surface area contributed by atoms with Crippen molar-refractivity contribution >= 4 is 22.8 Å². The molecule has 0 unspecified atom stereocenters. The molecule has 0 saturated carbocycles. The molecule has 1 amide bonds. The Bertz CT molecular complexity index is 686. The molecule has 0 fully saturated rings. The van der Waals surface area contributed by atoms with Gasteiger partial charge in [-0.2, -0.15) is 0 Å². The van der Waals surface area contributed by atoms with E-state index in [-0.39, 0.29) is 5.91 Å². The number of hydrogen-bond acceptors (Lipinski definition) is 3. The number of amides is 1. The number of pyridine rings is 1. The number of nitrogens with one attached hydrogen (secondary N) is 2. The summed E-state index contributed by atoms with van der Waals surface area (Å²) in [6, 6.07) is 9.14. The fourth-order valence-corrected chi connectivity index (χ4v) is 1.81. The van der Waals surface area contributed by atoms with Gasteiger partial charge in [0.05, 0.1) is 5.52 Å². The molecule has 0 atom stereocenters. The second-order valence-electron chi connectivity index (χ2n) is 3.77. The zero-order chi connectivity index (χ0) is 12.4. The Morgan fingerprint density at radius 1 is 1.11 bits per heavy atom. The van der Waals surface area contributed by atoms with Crippen molar-refractivity contribution in [2.24, 2.45) is 0 Å². The van der Waals surface area contributed by atoms with Gasteiger partial charge in [0, 0.05) is 29.5 Å². The predicted molar refractivity (Wildman–Crippen MR) is 68.3 cm³/mol. The number of nitrogens with zero attached hydrogens (tertiary/aromatic N) is 2. The highest BCUT2D eigenvalue weighted by Crippen LogP contribution is 2.17. The van der Waals surface area contributed by atoms with Gasteiger partial charge < -0.3 is 4.98 Å². The van der Waals surface area contributed by atoms with Crippen LogP contribution in [0.2, 0.25) is 0 Å². The lowest BCUT2D eigenvalue weighted by atomic mass is 10.1. The first-order valence-corrected chi connectivity index (χ1v) is 5.49. The molecule has 18 heavy (non-hydrogen) atoms. The molecule has 0 bridgehead atoms. The molecule has 2 heterocycles. The monoisotopic (exact) mass is 238 g/mol. The fraction of sp³-hybridized carbons (Fsp3) is 0. The Balaban J connectivity index is 2.01. The smallest absolute Gasteiger partial charge is 0.258 e. The third-order valence-electron chi connectivity index (χ3n) is 2.62. The van der Waals surface area contributed by atoms with Crippen LogP contribution in [-0.2, 0) is 0 Å². The highest BCUT2D eigenvalue weighted by molar-refractivity contribution is 6.11. The van der Waals surface area contributed by atoms with Crippen molar-refractivity contribution < 1.29 is 4.79 Å². The summed E-state index contributed by atoms with van der Waals surface area (Å²) in [6.45, 7) is 0. The molecule has 0 aliphatic heterocycles. The van der Waals surface area contributed by atoms with Crippen molar-refractivity contribution in [3.63, 3.8) is 0 Å². The van der Waals surface area contributed by atoms with Gasteiger partial charge in [0.25, 0.3) is 5.91 Å². The van der Waals surface area contributed by atoms with Gasteiger partial charge in [-0.05, 0) is 18.2 Å². The van der Waals surface area contributed by atoms with Crippen LogP contribution in [0.3, 0.4) is 0 Å². The van der Waals surface area contributed by atoms with E-state index in [0.717, 1.165) is 10.9 Å². The quantitative estimate of drug-likeness (QED) is 0.719. The molecule has 1 aromatic carbocycles. The first kappa shape index (κ1) is 10.5. The summed E-state index contributed by atoms with van der Waals surface area (Å²) in [5, 5.41) is 3.52. The highest BCUT2D eigenvalue weighted by atomic mass is 16.1. The van der Waals surface area contributed by atoms with E-state index < -0.39 is 0 Å². The van der Waals surface area contributed by atoms with Crippen molar-refractivity contribution in [3.05, 3.63) is 54.5 Å². The number of carbonyl (C=O) groups excluding carboxylic acids is 1. The normalized spacial score (nSPS) is 10.4. The molecular weight excluding hydrogens is 228 g/mol. The number of carbonyl (C=O) groups is 1. The number of anilines is 1. The van der Waals surface area contributed by atoms with Crippen LogP contribution in [-0.4, -0.2) is 20.9 Å². The molecular formula is C13H10N4O. The lowest BCUT2D eigenvalue weighted by molar-refractivity contribution is 0.102. The predicted octanol–water partition coefficient (Wildman–Crippen LogP) is 2.21. The molecule has 0 spiro atoms. The third kappa shape index (κ3) is 1.82. The number of hydrogen-bond donors (Lipinski definition) is 2. The number of H-pyrrole nitrogens is 1. The number of rotatable bonds is 2. The first-order chi connectivity index (χ1) is 8.84. The lowest BCUT2D eigenvalue weighted by Gasteiger charge is -2.05. The number of benzene rings is 1. The lowest BCUT2D eigenvalue weighted by Crippen LogP contribution is -2.13. The minimum atomic E-state index is -0.205. The number of imidazole rings is 1. The Morgan fingerprint density at radius 2 is 2.06 bits per heavy atom. The first-order valence-electron chi connectivity index (χ1n) is 5.49. The van der Waals surface area contributed by atoms with Crippen LogP contribution in [0.5, 0.6) is 0 Å². The van der Waals surface area contributed by atoms with Gasteiger partial charge >= 0.3 is 0 Å². The topological polar surface area (TPSA) is 70.7 Å². The summed E-state index contributed by atoms with van der Waals surface area (Å²) < 4.78 is 0. The Hall–Kier alpha value is -2.69. The average Bonchev–Trinajstić information content (AvgIpc) is 2.91. The Labute approximate surface area is 103 Å². The maximum absolute atomic E-state index is 12.1. The van der Waals surface area contributed by atoms with Crippen molar-refractivity contribution in [1.29, 1.82) is 0 Å². The number of aromatic amines is 1. The highest BCUT2D eigenvalue weighted by Gasteiger charge is 2.10. The van der Waals surface area contributed by atoms with Gasteiger partial charge in [-0.1, -0.05) is 12.1 Å². The van der Waals surface area contributed by atoms with E-state index in [1.807, 2.05) is 24.3 Å². The van der Waals surface area contributed by atoms with Gasteiger partial charge in [-0.25, -0.2) is 4.98 Å². The van der Waals surface area contributed by atoms with Crippen molar-refractivity contribution in [1.82, 2.24) is 15.0 Å². The van der Waals surface area contributed by atoms with Crippen LogP contribution in [0.4, 0.5) is 5.95 Å². The maximum Gasteiger partial charge on any atom is 0.258 e. The second-order valence-corrected chi connectivity index (χ2v) is 3.77. The molecule has 0 saturated heterocycles. The maximum atomic E-state index is 12.1. The van der Waals surface area contributed by atoms with E-state index in [1.165, 1.54) is 0 Å². The molecule has 2 N–H and O–H groups in total. The van der Waals surface area contributed by atoms with Crippen molar-refractivity contribution in [2.45, 2.75) is 0 Å². The minimum absolute atomic E-state index is 0.205. The molecule has 88 valence electrons. The number of fused-ring (bicyclic) bond motifs is 1. The van der Waals surface area contributed by atoms with E-state index in [9.17, 15) is 4.79 Å². The average molecular weight is 238 g/mol. The summed E-state index contributed by atoms with van der Waals surface area (Å²) in [6.07, 6.45) is 4.94. The van der Waals surface area contributed by atoms with Crippen LogP contribution < -0.4 is 5.32 Å². The van der Waals surface area contributed by atoms with Crippen LogP contribution in [0.15, 0.2) is 48.9 Å². The van der Waals surface area contributed by atoms with Crippen LogP contribution >= 0.6 is 0 Å². The van der Waals surface area contributed by atoms with Gasteiger partial charge in [0.2, 0.25) is 5.95 Å². The van der Waals surface area contributed by atoms with Gasteiger partial charge in [-0.15, -0.1) is 0 Å². The largest absolute Gasteiger partial charge is 0.331 e. The molecule has 0 aliphatic rings. The summed E-state index contributed by atoms with van der Waals surface area (Å²) in [7, 11) is 0. The standard InChI is InChI=1S/C13H10N4O/c18-12(17-13-15-7-8-16-13)10-3-1-5-11-9(10)4-2-6-14-11/h1-8H,(H2,15,16,17,18). The molecule has 3 rings (SSSR count). The van der Waals surface area contributed by atoms with E-state index in [4.69, 9.17) is 0 Å². The summed E-state index contributed by atoms with van der Waals surface area (Å²) in [5.41, 5.74) is 1.38. The summed E-state index contributed by atoms with van der Waals surface area (Å²) in [4.78, 5) is 23.1. The minimum Gasteiger partial charge on any atom is -0.331 e.